The van der Waals surface area contributed by atoms with Crippen LogP contribution in [0.1, 0.15) is 43.6 Å². The highest BCUT2D eigenvalue weighted by atomic mass is 32.1. The summed E-state index contributed by atoms with van der Waals surface area (Å²) in [6, 6.07) is 10.5. The average molecular weight is 382 g/mol. The van der Waals surface area contributed by atoms with Crippen LogP contribution in [0.15, 0.2) is 34.7 Å². The van der Waals surface area contributed by atoms with E-state index in [-0.39, 0.29) is 5.91 Å². The van der Waals surface area contributed by atoms with Gasteiger partial charge in [-0.05, 0) is 26.3 Å². The van der Waals surface area contributed by atoms with Crippen molar-refractivity contribution in [3.63, 3.8) is 0 Å². The maximum Gasteiger partial charge on any atom is 0.261 e. The number of aryl methyl sites for hydroxylation is 2. The Morgan fingerprint density at radius 2 is 2.00 bits per heavy atom. The highest BCUT2D eigenvalue weighted by molar-refractivity contribution is 7.15. The molecule has 0 saturated carbocycles. The van der Waals surface area contributed by atoms with E-state index in [2.05, 4.69) is 39.5 Å². The number of hydrogen-bond acceptors (Lipinski definition) is 5. The largest absolute Gasteiger partial charge is 0.466 e. The van der Waals surface area contributed by atoms with E-state index in [0.717, 1.165) is 43.1 Å². The summed E-state index contributed by atoms with van der Waals surface area (Å²) in [6.07, 6.45) is 0.914. The number of hydrogen-bond donors (Lipinski definition) is 1. The SMILES string of the molecule is Cc1oc(C)c(C(=O)Nc2nc3c(s2)CN(Cc2ccccc2)CC3)c1C. The van der Waals surface area contributed by atoms with Gasteiger partial charge in [0.05, 0.1) is 11.3 Å². The molecule has 1 amide bonds. The van der Waals surface area contributed by atoms with Crippen molar-refractivity contribution in [3.8, 4) is 0 Å². The van der Waals surface area contributed by atoms with Gasteiger partial charge in [0, 0.05) is 36.5 Å². The lowest BCUT2D eigenvalue weighted by Gasteiger charge is -2.25. The molecule has 2 aromatic heterocycles. The number of aromatic nitrogens is 1. The Kier molecular flexibility index (Phi) is 4.85. The van der Waals surface area contributed by atoms with Crippen molar-refractivity contribution in [2.45, 2.75) is 40.3 Å². The van der Waals surface area contributed by atoms with Crippen molar-refractivity contribution in [1.29, 1.82) is 0 Å². The van der Waals surface area contributed by atoms with E-state index in [0.29, 0.717) is 16.5 Å². The molecule has 0 atom stereocenters. The standard InChI is InChI=1S/C21H23N3O2S/c1-13-14(2)26-15(3)19(13)20(25)23-21-22-17-9-10-24(12-18(17)27-21)11-16-7-5-4-6-8-16/h4-8H,9-12H2,1-3H3,(H,22,23,25). The highest BCUT2D eigenvalue weighted by Crippen LogP contribution is 2.30. The molecule has 0 spiro atoms. The number of rotatable bonds is 4. The van der Waals surface area contributed by atoms with Crippen LogP contribution in [0.25, 0.3) is 0 Å². The molecule has 3 aromatic rings. The first-order chi connectivity index (χ1) is 13.0. The zero-order chi connectivity index (χ0) is 19.0. The molecule has 1 aliphatic heterocycles. The minimum Gasteiger partial charge on any atom is -0.466 e. The molecule has 1 aromatic carbocycles. The highest BCUT2D eigenvalue weighted by Gasteiger charge is 2.23. The zero-order valence-electron chi connectivity index (χ0n) is 15.8. The van der Waals surface area contributed by atoms with Gasteiger partial charge in [0.15, 0.2) is 5.13 Å². The molecule has 0 unspecified atom stereocenters. The second-order valence-corrected chi connectivity index (χ2v) is 8.09. The van der Waals surface area contributed by atoms with Gasteiger partial charge in [-0.25, -0.2) is 4.98 Å². The first-order valence-corrected chi connectivity index (χ1v) is 9.95. The van der Waals surface area contributed by atoms with E-state index in [1.54, 1.807) is 11.3 Å². The van der Waals surface area contributed by atoms with Crippen LogP contribution in [0.5, 0.6) is 0 Å². The van der Waals surface area contributed by atoms with E-state index in [4.69, 9.17) is 4.42 Å². The third-order valence-corrected chi connectivity index (χ3v) is 6.07. The molecule has 5 nitrogen and oxygen atoms in total. The normalized spacial score (nSPS) is 14.2. The van der Waals surface area contributed by atoms with Crippen LogP contribution in [0.4, 0.5) is 5.13 Å². The Morgan fingerprint density at radius 1 is 1.22 bits per heavy atom. The van der Waals surface area contributed by atoms with Gasteiger partial charge < -0.3 is 4.42 Å². The fraction of sp³-hybridized carbons (Fsp3) is 0.333. The van der Waals surface area contributed by atoms with E-state index in [1.165, 1.54) is 10.4 Å². The van der Waals surface area contributed by atoms with Crippen molar-refractivity contribution >= 4 is 22.4 Å². The molecule has 0 aliphatic carbocycles. The van der Waals surface area contributed by atoms with E-state index < -0.39 is 0 Å². The Hall–Kier alpha value is -2.44. The molecule has 1 N–H and O–H groups in total. The van der Waals surface area contributed by atoms with Crippen molar-refractivity contribution < 1.29 is 9.21 Å². The van der Waals surface area contributed by atoms with Gasteiger partial charge >= 0.3 is 0 Å². The molecule has 1 aliphatic rings. The predicted octanol–water partition coefficient (Wildman–Crippen LogP) is 4.47. The third-order valence-electron chi connectivity index (χ3n) is 5.07. The Morgan fingerprint density at radius 3 is 2.70 bits per heavy atom. The zero-order valence-corrected chi connectivity index (χ0v) is 16.7. The number of anilines is 1. The lowest BCUT2D eigenvalue weighted by molar-refractivity contribution is 0.102. The quantitative estimate of drug-likeness (QED) is 0.724. The molecule has 3 heterocycles. The van der Waals surface area contributed by atoms with Gasteiger partial charge in [0.1, 0.15) is 11.5 Å². The number of nitrogens with one attached hydrogen (secondary N) is 1. The van der Waals surface area contributed by atoms with Crippen molar-refractivity contribution in [2.24, 2.45) is 0 Å². The minimum atomic E-state index is -0.144. The number of fused-ring (bicyclic) bond motifs is 1. The summed E-state index contributed by atoms with van der Waals surface area (Å²) < 4.78 is 5.57. The summed E-state index contributed by atoms with van der Waals surface area (Å²) in [5, 5.41) is 3.64. The number of carbonyl (C=O) groups is 1. The molecule has 4 rings (SSSR count). The average Bonchev–Trinajstić information content (AvgIpc) is 3.14. The van der Waals surface area contributed by atoms with Crippen LogP contribution in [-0.4, -0.2) is 22.3 Å². The first kappa shape index (κ1) is 17.9. The van der Waals surface area contributed by atoms with Crippen LogP contribution in [-0.2, 0) is 19.5 Å². The fourth-order valence-electron chi connectivity index (χ4n) is 3.57. The predicted molar refractivity (Wildman–Crippen MR) is 107 cm³/mol. The molecule has 0 radical (unpaired) electrons. The maximum absolute atomic E-state index is 12.7. The number of benzene rings is 1. The lowest BCUT2D eigenvalue weighted by atomic mass is 10.1. The molecule has 27 heavy (non-hydrogen) atoms. The monoisotopic (exact) mass is 381 g/mol. The second-order valence-electron chi connectivity index (χ2n) is 7.00. The molecular formula is C21H23N3O2S. The Balaban J connectivity index is 1.46. The third kappa shape index (κ3) is 3.68. The molecule has 6 heteroatoms. The van der Waals surface area contributed by atoms with Crippen molar-refractivity contribution in [2.75, 3.05) is 11.9 Å². The molecule has 0 saturated heterocycles. The maximum atomic E-state index is 12.7. The number of thiazole rings is 1. The van der Waals surface area contributed by atoms with Crippen LogP contribution >= 0.6 is 11.3 Å². The molecule has 0 bridgehead atoms. The van der Waals surface area contributed by atoms with Gasteiger partial charge in [-0.3, -0.25) is 15.0 Å². The summed E-state index contributed by atoms with van der Waals surface area (Å²) in [7, 11) is 0. The Labute approximate surface area is 163 Å². The Bertz CT molecular complexity index is 975. The molecule has 0 fully saturated rings. The summed E-state index contributed by atoms with van der Waals surface area (Å²) in [6.45, 7) is 8.41. The lowest BCUT2D eigenvalue weighted by Crippen LogP contribution is -2.29. The molecule has 140 valence electrons. The van der Waals surface area contributed by atoms with Gasteiger partial charge in [0.25, 0.3) is 5.91 Å². The van der Waals surface area contributed by atoms with Crippen LogP contribution in [0, 0.1) is 20.8 Å². The second kappa shape index (κ2) is 7.29. The summed E-state index contributed by atoms with van der Waals surface area (Å²) in [5.74, 6) is 1.29. The topological polar surface area (TPSA) is 58.4 Å². The van der Waals surface area contributed by atoms with Gasteiger partial charge in [-0.2, -0.15) is 0 Å². The number of amides is 1. The summed E-state index contributed by atoms with van der Waals surface area (Å²) in [4.78, 5) is 21.0. The van der Waals surface area contributed by atoms with Crippen LogP contribution in [0.2, 0.25) is 0 Å². The van der Waals surface area contributed by atoms with E-state index in [9.17, 15) is 4.79 Å². The smallest absolute Gasteiger partial charge is 0.261 e. The minimum absolute atomic E-state index is 0.144. The van der Waals surface area contributed by atoms with Gasteiger partial charge in [-0.15, -0.1) is 11.3 Å². The van der Waals surface area contributed by atoms with Crippen LogP contribution in [0.3, 0.4) is 0 Å². The first-order valence-electron chi connectivity index (χ1n) is 9.14. The van der Waals surface area contributed by atoms with E-state index in [1.807, 2.05) is 26.8 Å². The van der Waals surface area contributed by atoms with Gasteiger partial charge in [0.2, 0.25) is 0 Å². The van der Waals surface area contributed by atoms with Crippen molar-refractivity contribution in [1.82, 2.24) is 9.88 Å². The molecular weight excluding hydrogens is 358 g/mol. The van der Waals surface area contributed by atoms with Gasteiger partial charge in [-0.1, -0.05) is 30.3 Å². The van der Waals surface area contributed by atoms with Crippen LogP contribution < -0.4 is 5.32 Å². The fourth-order valence-corrected chi connectivity index (χ4v) is 4.61. The van der Waals surface area contributed by atoms with E-state index >= 15 is 0 Å². The number of nitrogens with zero attached hydrogens (tertiary/aromatic N) is 2. The summed E-state index contributed by atoms with van der Waals surface area (Å²) in [5.41, 5.74) is 3.93. The van der Waals surface area contributed by atoms with Crippen molar-refractivity contribution in [3.05, 3.63) is 69.1 Å². The number of furan rings is 1. The number of carbonyl (C=O) groups excluding carboxylic acids is 1. The summed E-state index contributed by atoms with van der Waals surface area (Å²) >= 11 is 1.58.